The van der Waals surface area contributed by atoms with E-state index in [2.05, 4.69) is 37.8 Å². The van der Waals surface area contributed by atoms with Crippen LogP contribution in [0.15, 0.2) is 103 Å². The Kier molecular flexibility index (Phi) is 5.89. The maximum Gasteiger partial charge on any atom is 0.300 e. The first-order valence-electron chi connectivity index (χ1n) is 10.7. The number of nitro groups is 2. The maximum atomic E-state index is 11.5. The second-order valence-corrected chi connectivity index (χ2v) is 8.94. The lowest BCUT2D eigenvalue weighted by Gasteiger charge is -2.28. The Morgan fingerprint density at radius 1 is 0.706 bits per heavy atom. The Labute approximate surface area is 197 Å². The summed E-state index contributed by atoms with van der Waals surface area (Å²) >= 11 is 0. The van der Waals surface area contributed by atoms with E-state index >= 15 is 0 Å². The molecule has 0 atom stereocenters. The molecule has 0 bridgehead atoms. The second kappa shape index (κ2) is 8.82. The molecule has 0 aromatic heterocycles. The molecule has 34 heavy (non-hydrogen) atoms. The smallest absolute Gasteiger partial charge is 0.300 e. The average Bonchev–Trinajstić information content (AvgIpc) is 2.83. The van der Waals surface area contributed by atoms with E-state index in [1.165, 1.54) is 17.7 Å². The lowest BCUT2D eigenvalue weighted by Crippen LogP contribution is -2.19. The number of hydrogen-bond acceptors (Lipinski definition) is 6. The van der Waals surface area contributed by atoms with Crippen LogP contribution in [0.2, 0.25) is 0 Å². The van der Waals surface area contributed by atoms with Crippen LogP contribution in [0.4, 0.5) is 22.7 Å². The van der Waals surface area contributed by atoms with Crippen LogP contribution in [0.3, 0.4) is 0 Å². The number of nitrogens with zero attached hydrogens (tertiary/aromatic N) is 4. The highest BCUT2D eigenvalue weighted by molar-refractivity contribution is 5.71. The monoisotopic (exact) mass is 456 g/mol. The number of non-ortho nitro benzene ring substituents is 1. The van der Waals surface area contributed by atoms with Crippen molar-refractivity contribution in [1.82, 2.24) is 0 Å². The summed E-state index contributed by atoms with van der Waals surface area (Å²) < 4.78 is 0. The van der Waals surface area contributed by atoms with Gasteiger partial charge in [0.05, 0.1) is 15.9 Å². The molecule has 2 heterocycles. The fraction of sp³-hybridized carbons (Fsp3) is 0.154. The van der Waals surface area contributed by atoms with Crippen LogP contribution in [0, 0.1) is 20.2 Å². The largest absolute Gasteiger partial charge is 0.324 e. The van der Waals surface area contributed by atoms with E-state index in [0.29, 0.717) is 0 Å². The number of rotatable bonds is 4. The zero-order valence-corrected chi connectivity index (χ0v) is 19.1. The van der Waals surface area contributed by atoms with Crippen molar-refractivity contribution < 1.29 is 9.85 Å². The summed E-state index contributed by atoms with van der Waals surface area (Å²) in [6, 6.07) is 11.9. The third-order valence-corrected chi connectivity index (χ3v) is 5.63. The quantitative estimate of drug-likeness (QED) is 0.385. The Balaban J connectivity index is 1.57. The van der Waals surface area contributed by atoms with E-state index in [0.717, 1.165) is 22.9 Å². The fourth-order valence-electron chi connectivity index (χ4n) is 3.88. The van der Waals surface area contributed by atoms with Crippen LogP contribution in [0.25, 0.3) is 0 Å². The lowest BCUT2D eigenvalue weighted by atomic mass is 9.85. The number of allylic oxidation sites excluding steroid dienone is 6. The van der Waals surface area contributed by atoms with Gasteiger partial charge in [0.15, 0.2) is 0 Å². The maximum absolute atomic E-state index is 11.5. The van der Waals surface area contributed by atoms with E-state index in [9.17, 15) is 20.2 Å². The summed E-state index contributed by atoms with van der Waals surface area (Å²) in [6.07, 6.45) is 15.2. The van der Waals surface area contributed by atoms with Crippen molar-refractivity contribution in [3.05, 3.63) is 129 Å². The van der Waals surface area contributed by atoms with Crippen molar-refractivity contribution in [2.45, 2.75) is 26.2 Å². The van der Waals surface area contributed by atoms with Crippen LogP contribution in [-0.4, -0.2) is 9.85 Å². The number of nitro benzene ring substituents is 2. The van der Waals surface area contributed by atoms with Crippen molar-refractivity contribution in [3.63, 3.8) is 0 Å². The fourth-order valence-corrected chi connectivity index (χ4v) is 3.88. The third kappa shape index (κ3) is 4.52. The lowest BCUT2D eigenvalue weighted by molar-refractivity contribution is -0.393. The highest BCUT2D eigenvalue weighted by atomic mass is 16.6. The van der Waals surface area contributed by atoms with Crippen LogP contribution < -0.4 is 9.80 Å². The molecular formula is C26H24N4O4. The first-order chi connectivity index (χ1) is 16.1. The molecule has 0 aliphatic carbocycles. The van der Waals surface area contributed by atoms with Crippen LogP contribution >= 0.6 is 0 Å². The summed E-state index contributed by atoms with van der Waals surface area (Å²) in [6.45, 7) is 6.57. The highest BCUT2D eigenvalue weighted by Crippen LogP contribution is 2.35. The normalized spacial score (nSPS) is 15.3. The summed E-state index contributed by atoms with van der Waals surface area (Å²) in [5.74, 6) is 0. The Bertz CT molecular complexity index is 1280. The van der Waals surface area contributed by atoms with Crippen molar-refractivity contribution in [2.24, 2.45) is 0 Å². The number of anilines is 2. The number of hydrogen-bond donors (Lipinski definition) is 0. The van der Waals surface area contributed by atoms with E-state index in [4.69, 9.17) is 0 Å². The van der Waals surface area contributed by atoms with Crippen LogP contribution in [-0.2, 0) is 5.41 Å². The van der Waals surface area contributed by atoms with Crippen molar-refractivity contribution in [1.29, 1.82) is 0 Å². The van der Waals surface area contributed by atoms with Gasteiger partial charge in [-0.2, -0.15) is 0 Å². The minimum atomic E-state index is -0.647. The summed E-state index contributed by atoms with van der Waals surface area (Å²) in [5.41, 5.74) is 3.92. The standard InChI is InChI=1S/C26H24N4O4/c1-26(2,3)22-6-4-5-7-23(22)27-14-10-19(11-15-27)20-12-16-28(17-13-20)24-9-8-21(29(31)32)18-25(24)30(33)34/h4-18H,1-3H3. The van der Waals surface area contributed by atoms with Crippen molar-refractivity contribution in [2.75, 3.05) is 9.80 Å². The molecule has 4 rings (SSSR count). The summed E-state index contributed by atoms with van der Waals surface area (Å²) in [5, 5.41) is 22.4. The number of para-hydroxylation sites is 1. The van der Waals surface area contributed by atoms with Gasteiger partial charge in [0.25, 0.3) is 11.4 Å². The molecule has 0 unspecified atom stereocenters. The average molecular weight is 457 g/mol. The van der Waals surface area contributed by atoms with Gasteiger partial charge < -0.3 is 9.80 Å². The van der Waals surface area contributed by atoms with Gasteiger partial charge in [-0.15, -0.1) is 0 Å². The number of benzene rings is 2. The van der Waals surface area contributed by atoms with Gasteiger partial charge in [0.2, 0.25) is 0 Å². The van der Waals surface area contributed by atoms with Crippen LogP contribution in [0.1, 0.15) is 26.3 Å². The first-order valence-corrected chi connectivity index (χ1v) is 10.7. The minimum Gasteiger partial charge on any atom is -0.324 e. The molecule has 2 aliphatic heterocycles. The van der Waals surface area contributed by atoms with Crippen molar-refractivity contribution in [3.8, 4) is 0 Å². The molecule has 0 spiro atoms. The molecule has 0 saturated heterocycles. The SMILES string of the molecule is CC(C)(C)c1ccccc1N1C=CC(=C2C=CN(c3ccc([N+](=O)[O-])cc3[N+](=O)[O-])C=C2)C=C1. The molecule has 8 nitrogen and oxygen atoms in total. The second-order valence-electron chi connectivity index (χ2n) is 8.94. The molecule has 0 fully saturated rings. The molecule has 0 saturated carbocycles. The molecule has 172 valence electrons. The molecular weight excluding hydrogens is 432 g/mol. The van der Waals surface area contributed by atoms with E-state index < -0.39 is 9.85 Å². The molecule has 0 N–H and O–H groups in total. The third-order valence-electron chi connectivity index (χ3n) is 5.63. The van der Waals surface area contributed by atoms with Gasteiger partial charge >= 0.3 is 0 Å². The predicted octanol–water partition coefficient (Wildman–Crippen LogP) is 6.49. The summed E-state index contributed by atoms with van der Waals surface area (Å²) in [4.78, 5) is 24.8. The topological polar surface area (TPSA) is 92.8 Å². The van der Waals surface area contributed by atoms with Gasteiger partial charge in [-0.3, -0.25) is 20.2 Å². The van der Waals surface area contributed by atoms with Gasteiger partial charge in [0, 0.05) is 36.6 Å². The van der Waals surface area contributed by atoms with Crippen molar-refractivity contribution >= 4 is 22.7 Å². The van der Waals surface area contributed by atoms with Gasteiger partial charge in [0.1, 0.15) is 5.69 Å². The molecule has 8 heteroatoms. The molecule has 0 radical (unpaired) electrons. The van der Waals surface area contributed by atoms with Crippen LogP contribution in [0.5, 0.6) is 0 Å². The molecule has 0 amide bonds. The Morgan fingerprint density at radius 3 is 1.74 bits per heavy atom. The summed E-state index contributed by atoms with van der Waals surface area (Å²) in [7, 11) is 0. The first kappa shape index (κ1) is 22.7. The molecule has 2 aromatic rings. The van der Waals surface area contributed by atoms with Gasteiger partial charge in [-0.05, 0) is 58.6 Å². The Morgan fingerprint density at radius 2 is 1.24 bits per heavy atom. The highest BCUT2D eigenvalue weighted by Gasteiger charge is 2.23. The van der Waals surface area contributed by atoms with E-state index in [1.807, 2.05) is 48.8 Å². The van der Waals surface area contributed by atoms with E-state index in [-0.39, 0.29) is 22.5 Å². The van der Waals surface area contributed by atoms with Gasteiger partial charge in [-0.25, -0.2) is 0 Å². The predicted molar refractivity (Wildman–Crippen MR) is 133 cm³/mol. The Hall–Kier alpha value is -4.46. The van der Waals surface area contributed by atoms with E-state index in [1.54, 1.807) is 17.3 Å². The zero-order chi connectivity index (χ0) is 24.5. The van der Waals surface area contributed by atoms with Gasteiger partial charge in [-0.1, -0.05) is 39.0 Å². The molecule has 2 aliphatic rings. The molecule has 2 aromatic carbocycles. The zero-order valence-electron chi connectivity index (χ0n) is 19.1. The minimum absolute atomic E-state index is 0.00972.